The number of carbonyl (C=O) groups excluding carboxylic acids is 1. The average Bonchev–Trinajstić information content (AvgIpc) is 3.11. The zero-order valence-corrected chi connectivity index (χ0v) is 16.6. The van der Waals surface area contributed by atoms with Gasteiger partial charge >= 0.3 is 0 Å². The first-order valence-electron chi connectivity index (χ1n) is 9.73. The molecule has 5 heterocycles. The number of amides is 1. The van der Waals surface area contributed by atoms with E-state index in [1.54, 1.807) is 22.7 Å². The van der Waals surface area contributed by atoms with Crippen LogP contribution in [-0.4, -0.2) is 40.5 Å². The van der Waals surface area contributed by atoms with E-state index in [-0.39, 0.29) is 11.4 Å². The van der Waals surface area contributed by atoms with Gasteiger partial charge in [0.15, 0.2) is 0 Å². The number of carbonyl (C=O) groups is 1. The van der Waals surface area contributed by atoms with Crippen LogP contribution in [0.1, 0.15) is 35.4 Å². The number of piperidine rings is 3. The molecule has 3 aliphatic heterocycles. The van der Waals surface area contributed by atoms with Gasteiger partial charge in [-0.2, -0.15) is 0 Å². The van der Waals surface area contributed by atoms with Gasteiger partial charge in [0.1, 0.15) is 5.01 Å². The Morgan fingerprint density at radius 2 is 2.11 bits per heavy atom. The molecule has 1 amide bonds. The molecule has 6 heteroatoms. The second-order valence-electron chi connectivity index (χ2n) is 8.05. The van der Waals surface area contributed by atoms with Crippen LogP contribution in [0.3, 0.4) is 0 Å². The van der Waals surface area contributed by atoms with E-state index in [9.17, 15) is 4.79 Å². The van der Waals surface area contributed by atoms with E-state index >= 15 is 0 Å². The topological polar surface area (TPSA) is 45.2 Å². The van der Waals surface area contributed by atoms with Crippen molar-refractivity contribution in [2.45, 2.75) is 37.3 Å². The zero-order chi connectivity index (χ0) is 18.0. The molecule has 4 aliphatic rings. The maximum atomic E-state index is 13.1. The van der Waals surface area contributed by atoms with Crippen LogP contribution < -0.4 is 5.32 Å². The second-order valence-corrected chi connectivity index (χ2v) is 10.00. The molecule has 0 radical (unpaired) electrons. The van der Waals surface area contributed by atoms with E-state index in [2.05, 4.69) is 33.4 Å². The average molecular weight is 396 g/mol. The minimum absolute atomic E-state index is 0.103. The molecular formula is C21H21N3OS2. The summed E-state index contributed by atoms with van der Waals surface area (Å²) < 4.78 is 1.16. The number of hydrogen-bond donors (Lipinski definition) is 1. The molecule has 1 N–H and O–H groups in total. The maximum Gasteiger partial charge on any atom is 0.261 e. The van der Waals surface area contributed by atoms with Crippen molar-refractivity contribution in [1.29, 1.82) is 0 Å². The molecule has 1 spiro atoms. The molecule has 3 saturated heterocycles. The summed E-state index contributed by atoms with van der Waals surface area (Å²) in [4.78, 5) is 21.1. The normalized spacial score (nSPS) is 27.9. The molecular weight excluding hydrogens is 374 g/mol. The third-order valence-corrected chi connectivity index (χ3v) is 8.69. The lowest BCUT2D eigenvalue weighted by Crippen LogP contribution is -2.65. The van der Waals surface area contributed by atoms with Crippen LogP contribution in [0.4, 0.5) is 0 Å². The standard InChI is InChI=1S/C21H21N3OS2/c25-19(23-18-13-4-9-24(10-5-13)21(18)6-7-21)16-12-14-2-1-3-15(17(14)27-16)20-22-8-11-26-20/h1-3,8,11-13,18H,4-7,9-10H2,(H,23,25). The molecule has 1 aliphatic carbocycles. The smallest absolute Gasteiger partial charge is 0.261 e. The highest BCUT2D eigenvalue weighted by Crippen LogP contribution is 2.53. The second kappa shape index (κ2) is 5.87. The Morgan fingerprint density at radius 3 is 2.85 bits per heavy atom. The van der Waals surface area contributed by atoms with Crippen LogP contribution in [0.15, 0.2) is 35.8 Å². The SMILES string of the molecule is O=C(NC1C2CCN(CC2)C12CC2)c1cc2cccc(-c3nccs3)c2s1. The molecule has 3 aromatic rings. The minimum atomic E-state index is 0.103. The van der Waals surface area contributed by atoms with Crippen molar-refractivity contribution >= 4 is 38.7 Å². The molecule has 1 atom stereocenters. The number of fused-ring (bicyclic) bond motifs is 3. The highest BCUT2D eigenvalue weighted by molar-refractivity contribution is 7.22. The molecule has 1 saturated carbocycles. The molecule has 4 fully saturated rings. The predicted molar refractivity (Wildman–Crippen MR) is 110 cm³/mol. The van der Waals surface area contributed by atoms with Gasteiger partial charge in [0.05, 0.1) is 10.9 Å². The minimum Gasteiger partial charge on any atom is -0.346 e. The number of benzene rings is 1. The monoisotopic (exact) mass is 395 g/mol. The summed E-state index contributed by atoms with van der Waals surface area (Å²) in [6, 6.07) is 8.63. The zero-order valence-electron chi connectivity index (χ0n) is 15.0. The van der Waals surface area contributed by atoms with Gasteiger partial charge in [-0.1, -0.05) is 18.2 Å². The molecule has 4 nitrogen and oxygen atoms in total. The summed E-state index contributed by atoms with van der Waals surface area (Å²) >= 11 is 3.24. The Hall–Kier alpha value is -1.76. The summed E-state index contributed by atoms with van der Waals surface area (Å²) in [5.74, 6) is 0.757. The number of aromatic nitrogens is 1. The van der Waals surface area contributed by atoms with E-state index < -0.39 is 0 Å². The summed E-state index contributed by atoms with van der Waals surface area (Å²) in [6.45, 7) is 2.44. The molecule has 1 aromatic carbocycles. The van der Waals surface area contributed by atoms with Crippen LogP contribution in [0.25, 0.3) is 20.7 Å². The lowest BCUT2D eigenvalue weighted by atomic mass is 9.77. The number of thiazole rings is 1. The Balaban J connectivity index is 1.32. The lowest BCUT2D eigenvalue weighted by molar-refractivity contribution is -0.00138. The van der Waals surface area contributed by atoms with E-state index in [1.807, 2.05) is 17.6 Å². The van der Waals surface area contributed by atoms with Crippen molar-refractivity contribution in [3.05, 3.63) is 40.7 Å². The first-order valence-corrected chi connectivity index (χ1v) is 11.4. The van der Waals surface area contributed by atoms with Crippen LogP contribution in [0.2, 0.25) is 0 Å². The first-order chi connectivity index (χ1) is 13.2. The van der Waals surface area contributed by atoms with Gasteiger partial charge in [-0.15, -0.1) is 22.7 Å². The fourth-order valence-electron chi connectivity index (χ4n) is 5.23. The van der Waals surface area contributed by atoms with Gasteiger partial charge in [-0.05, 0) is 56.1 Å². The van der Waals surface area contributed by atoms with E-state index in [1.165, 1.54) is 38.8 Å². The van der Waals surface area contributed by atoms with E-state index in [0.717, 1.165) is 25.5 Å². The largest absolute Gasteiger partial charge is 0.346 e. The Kier molecular flexibility index (Phi) is 3.52. The Morgan fingerprint density at radius 1 is 1.26 bits per heavy atom. The van der Waals surface area contributed by atoms with Crippen LogP contribution >= 0.6 is 22.7 Å². The highest BCUT2D eigenvalue weighted by Gasteiger charge is 2.60. The first kappa shape index (κ1) is 16.2. The van der Waals surface area contributed by atoms with E-state index in [0.29, 0.717) is 12.0 Å². The third kappa shape index (κ3) is 2.43. The molecule has 1 unspecified atom stereocenters. The number of thiophene rings is 1. The number of nitrogens with zero attached hydrogens (tertiary/aromatic N) is 2. The summed E-state index contributed by atoms with van der Waals surface area (Å²) in [5.41, 5.74) is 1.41. The van der Waals surface area contributed by atoms with Crippen molar-refractivity contribution in [2.24, 2.45) is 5.92 Å². The highest BCUT2D eigenvalue weighted by atomic mass is 32.1. The summed E-state index contributed by atoms with van der Waals surface area (Å²) in [7, 11) is 0. The van der Waals surface area contributed by atoms with Crippen molar-refractivity contribution in [3.63, 3.8) is 0 Å². The quantitative estimate of drug-likeness (QED) is 0.716. The van der Waals surface area contributed by atoms with Gasteiger partial charge in [-0.3, -0.25) is 9.69 Å². The number of nitrogens with one attached hydrogen (secondary N) is 1. The van der Waals surface area contributed by atoms with Gasteiger partial charge < -0.3 is 5.32 Å². The van der Waals surface area contributed by atoms with E-state index in [4.69, 9.17) is 0 Å². The lowest BCUT2D eigenvalue weighted by Gasteiger charge is -2.52. The van der Waals surface area contributed by atoms with Crippen LogP contribution in [0, 0.1) is 5.92 Å². The fourth-order valence-corrected chi connectivity index (χ4v) is 7.04. The molecule has 138 valence electrons. The van der Waals surface area contributed by atoms with Crippen molar-refractivity contribution in [3.8, 4) is 10.6 Å². The fraction of sp³-hybridized carbons (Fsp3) is 0.429. The van der Waals surface area contributed by atoms with Gasteiger partial charge in [0.25, 0.3) is 5.91 Å². The summed E-state index contributed by atoms with van der Waals surface area (Å²) in [5, 5.41) is 7.60. The molecule has 2 aromatic heterocycles. The van der Waals surface area contributed by atoms with Gasteiger partial charge in [0, 0.05) is 27.4 Å². The van der Waals surface area contributed by atoms with Crippen molar-refractivity contribution in [1.82, 2.24) is 15.2 Å². The number of hydrogen-bond acceptors (Lipinski definition) is 5. The maximum absolute atomic E-state index is 13.1. The van der Waals surface area contributed by atoms with Crippen LogP contribution in [-0.2, 0) is 0 Å². The van der Waals surface area contributed by atoms with Gasteiger partial charge in [0.2, 0.25) is 0 Å². The van der Waals surface area contributed by atoms with Crippen molar-refractivity contribution < 1.29 is 4.79 Å². The summed E-state index contributed by atoms with van der Waals surface area (Å²) in [6.07, 6.45) is 6.79. The van der Waals surface area contributed by atoms with Crippen molar-refractivity contribution in [2.75, 3.05) is 13.1 Å². The predicted octanol–water partition coefficient (Wildman–Crippen LogP) is 4.38. The van der Waals surface area contributed by atoms with Crippen LogP contribution in [0.5, 0.6) is 0 Å². The Bertz CT molecular complexity index is 1010. The third-order valence-electron chi connectivity index (χ3n) is 6.70. The number of rotatable bonds is 3. The molecule has 7 rings (SSSR count). The molecule has 2 bridgehead atoms. The Labute approximate surface area is 166 Å². The van der Waals surface area contributed by atoms with Gasteiger partial charge in [-0.25, -0.2) is 4.98 Å². The molecule has 27 heavy (non-hydrogen) atoms.